The molecule has 20 heavy (non-hydrogen) atoms. The second kappa shape index (κ2) is 5.61. The number of halogens is 2. The highest BCUT2D eigenvalue weighted by Crippen LogP contribution is 2.36. The van der Waals surface area contributed by atoms with E-state index in [1.165, 1.54) is 0 Å². The van der Waals surface area contributed by atoms with E-state index in [1.807, 2.05) is 14.1 Å². The van der Waals surface area contributed by atoms with Gasteiger partial charge in [0.2, 0.25) is 0 Å². The van der Waals surface area contributed by atoms with E-state index in [4.69, 9.17) is 18.0 Å². The van der Waals surface area contributed by atoms with Crippen molar-refractivity contribution < 1.29 is 8.78 Å². The van der Waals surface area contributed by atoms with Gasteiger partial charge in [0.05, 0.1) is 0 Å². The topological polar surface area (TPSA) is 41.3 Å². The highest BCUT2D eigenvalue weighted by atomic mass is 32.1. The molecule has 1 saturated carbocycles. The van der Waals surface area contributed by atoms with Crippen molar-refractivity contribution >= 4 is 22.9 Å². The number of hydrogen-bond acceptors (Lipinski definition) is 3. The molecule has 0 amide bonds. The molecule has 1 fully saturated rings. The fourth-order valence-corrected chi connectivity index (χ4v) is 2.62. The number of likely N-dealkylation sites (N-methyl/N-ethyl adjacent to an activating group) is 1. The van der Waals surface area contributed by atoms with Crippen molar-refractivity contribution in [3.8, 4) is 0 Å². The Kier molecular flexibility index (Phi) is 4.25. The van der Waals surface area contributed by atoms with Crippen molar-refractivity contribution in [2.24, 2.45) is 5.73 Å². The predicted molar refractivity (Wildman–Crippen MR) is 81.0 cm³/mol. The smallest absolute Gasteiger partial charge is 0.150 e. The Morgan fingerprint density at radius 3 is 2.25 bits per heavy atom. The number of benzene rings is 1. The van der Waals surface area contributed by atoms with Crippen LogP contribution in [0.4, 0.5) is 14.5 Å². The molecule has 0 spiro atoms. The summed E-state index contributed by atoms with van der Waals surface area (Å²) in [6.07, 6.45) is 3.20. The Morgan fingerprint density at radius 1 is 1.35 bits per heavy atom. The molecular formula is C14H19F2N3S. The first-order valence-corrected chi connectivity index (χ1v) is 6.97. The van der Waals surface area contributed by atoms with Crippen molar-refractivity contribution in [3.63, 3.8) is 0 Å². The van der Waals surface area contributed by atoms with Crippen LogP contribution in [-0.2, 0) is 0 Å². The van der Waals surface area contributed by atoms with Crippen LogP contribution in [-0.4, -0.2) is 36.1 Å². The van der Waals surface area contributed by atoms with Gasteiger partial charge in [0.1, 0.15) is 22.3 Å². The molecule has 0 aromatic heterocycles. The molecule has 3 N–H and O–H groups in total. The Balaban J connectivity index is 2.16. The molecule has 0 bridgehead atoms. The van der Waals surface area contributed by atoms with Gasteiger partial charge in [0, 0.05) is 17.6 Å². The van der Waals surface area contributed by atoms with E-state index in [0.29, 0.717) is 6.54 Å². The van der Waals surface area contributed by atoms with Gasteiger partial charge in [-0.2, -0.15) is 0 Å². The molecule has 0 heterocycles. The molecule has 2 rings (SSSR count). The minimum atomic E-state index is -0.666. The van der Waals surface area contributed by atoms with E-state index < -0.39 is 11.6 Å². The summed E-state index contributed by atoms with van der Waals surface area (Å²) in [5.41, 5.74) is 5.46. The van der Waals surface area contributed by atoms with Gasteiger partial charge >= 0.3 is 0 Å². The lowest BCUT2D eigenvalue weighted by atomic mass is 9.75. The lowest BCUT2D eigenvalue weighted by molar-refractivity contribution is 0.0738. The maximum absolute atomic E-state index is 13.9. The molecule has 110 valence electrons. The maximum Gasteiger partial charge on any atom is 0.150 e. The van der Waals surface area contributed by atoms with Crippen molar-refractivity contribution in [2.75, 3.05) is 26.0 Å². The van der Waals surface area contributed by atoms with Crippen LogP contribution in [0.2, 0.25) is 0 Å². The molecule has 1 aliphatic rings. The zero-order chi connectivity index (χ0) is 14.9. The van der Waals surface area contributed by atoms with Crippen molar-refractivity contribution in [1.29, 1.82) is 0 Å². The van der Waals surface area contributed by atoms with Crippen molar-refractivity contribution in [2.45, 2.75) is 24.8 Å². The molecule has 1 aliphatic carbocycles. The average molecular weight is 299 g/mol. The molecule has 0 radical (unpaired) electrons. The molecule has 0 saturated heterocycles. The summed E-state index contributed by atoms with van der Waals surface area (Å²) in [5.74, 6) is -1.33. The largest absolute Gasteiger partial charge is 0.389 e. The highest BCUT2D eigenvalue weighted by Gasteiger charge is 2.39. The summed E-state index contributed by atoms with van der Waals surface area (Å²) in [6.45, 7) is 0.514. The zero-order valence-corrected chi connectivity index (χ0v) is 12.5. The number of nitrogens with zero attached hydrogens (tertiary/aromatic N) is 1. The normalized spacial score (nSPS) is 16.9. The fourth-order valence-electron chi connectivity index (χ4n) is 2.50. The number of rotatable bonds is 5. The van der Waals surface area contributed by atoms with Gasteiger partial charge in [-0.15, -0.1) is 0 Å². The van der Waals surface area contributed by atoms with Crippen LogP contribution in [0.1, 0.15) is 24.8 Å². The third kappa shape index (κ3) is 2.76. The molecule has 0 aliphatic heterocycles. The Morgan fingerprint density at radius 2 is 1.90 bits per heavy atom. The predicted octanol–water partition coefficient (Wildman–Crippen LogP) is 2.50. The minimum absolute atomic E-state index is 0.0132. The SMILES string of the molecule is CN(C)C1(CNc2c(F)cc(C(N)=S)cc2F)CCC1. The zero-order valence-electron chi connectivity index (χ0n) is 11.7. The second-order valence-corrected chi connectivity index (χ2v) is 5.94. The molecule has 1 aromatic carbocycles. The summed E-state index contributed by atoms with van der Waals surface area (Å²) in [7, 11) is 3.98. The number of anilines is 1. The Labute approximate surface area is 123 Å². The van der Waals surface area contributed by atoms with E-state index in [2.05, 4.69) is 10.2 Å². The Hall–Kier alpha value is -1.27. The van der Waals surface area contributed by atoms with Crippen LogP contribution in [0.5, 0.6) is 0 Å². The highest BCUT2D eigenvalue weighted by molar-refractivity contribution is 7.80. The van der Waals surface area contributed by atoms with Crippen LogP contribution < -0.4 is 11.1 Å². The molecular weight excluding hydrogens is 280 g/mol. The van der Waals surface area contributed by atoms with Gasteiger partial charge in [-0.1, -0.05) is 12.2 Å². The summed E-state index contributed by atoms with van der Waals surface area (Å²) >= 11 is 4.73. The van der Waals surface area contributed by atoms with E-state index in [-0.39, 0.29) is 21.8 Å². The van der Waals surface area contributed by atoms with Gasteiger partial charge in [-0.05, 0) is 45.5 Å². The molecule has 1 aromatic rings. The van der Waals surface area contributed by atoms with E-state index >= 15 is 0 Å². The van der Waals surface area contributed by atoms with Crippen molar-refractivity contribution in [1.82, 2.24) is 4.90 Å². The first kappa shape index (κ1) is 15.1. The van der Waals surface area contributed by atoms with Gasteiger partial charge < -0.3 is 16.0 Å². The fraction of sp³-hybridized carbons (Fsp3) is 0.500. The third-order valence-electron chi connectivity index (χ3n) is 4.15. The van der Waals surface area contributed by atoms with Crippen LogP contribution in [0.15, 0.2) is 12.1 Å². The van der Waals surface area contributed by atoms with Gasteiger partial charge in [0.25, 0.3) is 0 Å². The van der Waals surface area contributed by atoms with Crippen LogP contribution >= 0.6 is 12.2 Å². The quantitative estimate of drug-likeness (QED) is 0.820. The second-order valence-electron chi connectivity index (χ2n) is 5.51. The first-order valence-electron chi connectivity index (χ1n) is 6.56. The molecule has 0 unspecified atom stereocenters. The summed E-state index contributed by atoms with van der Waals surface area (Å²) < 4.78 is 27.9. The van der Waals surface area contributed by atoms with Gasteiger partial charge in [0.15, 0.2) is 0 Å². The lowest BCUT2D eigenvalue weighted by Gasteiger charge is -2.47. The third-order valence-corrected chi connectivity index (χ3v) is 4.39. The number of thiocarbonyl (C=S) groups is 1. The molecule has 0 atom stereocenters. The van der Waals surface area contributed by atoms with Crippen molar-refractivity contribution in [3.05, 3.63) is 29.3 Å². The number of hydrogen-bond donors (Lipinski definition) is 2. The van der Waals surface area contributed by atoms with E-state index in [1.54, 1.807) is 0 Å². The summed E-state index contributed by atoms with van der Waals surface area (Å²) in [4.78, 5) is 2.10. The molecule has 3 nitrogen and oxygen atoms in total. The van der Waals surface area contributed by atoms with Crippen LogP contribution in [0.25, 0.3) is 0 Å². The first-order chi connectivity index (χ1) is 9.35. The van der Waals surface area contributed by atoms with E-state index in [0.717, 1.165) is 31.4 Å². The lowest BCUT2D eigenvalue weighted by Crippen LogP contribution is -2.54. The standard InChI is InChI=1S/C14H19F2N3S/c1-19(2)14(4-3-5-14)8-18-12-10(15)6-9(13(17)20)7-11(12)16/h6-7,18H,3-5,8H2,1-2H3,(H2,17,20). The summed E-state index contributed by atoms with van der Waals surface area (Å²) in [5, 5.41) is 2.90. The minimum Gasteiger partial charge on any atom is -0.389 e. The monoisotopic (exact) mass is 299 g/mol. The number of nitrogens with two attached hydrogens (primary N) is 1. The average Bonchev–Trinajstić information content (AvgIpc) is 2.29. The number of nitrogens with one attached hydrogen (secondary N) is 1. The summed E-state index contributed by atoms with van der Waals surface area (Å²) in [6, 6.07) is 2.33. The molecule has 6 heteroatoms. The Bertz CT molecular complexity index is 504. The van der Waals surface area contributed by atoms with Crippen LogP contribution in [0, 0.1) is 11.6 Å². The van der Waals surface area contributed by atoms with Crippen LogP contribution in [0.3, 0.4) is 0 Å². The maximum atomic E-state index is 13.9. The van der Waals surface area contributed by atoms with E-state index in [9.17, 15) is 8.78 Å². The van der Waals surface area contributed by atoms with Gasteiger partial charge in [-0.25, -0.2) is 8.78 Å². The van der Waals surface area contributed by atoms with Gasteiger partial charge in [-0.3, -0.25) is 0 Å².